The minimum atomic E-state index is -3.83. The van der Waals surface area contributed by atoms with Crippen molar-refractivity contribution >= 4 is 31.9 Å². The maximum absolute atomic E-state index is 12.2. The van der Waals surface area contributed by atoms with Crippen molar-refractivity contribution in [2.75, 3.05) is 13.2 Å². The summed E-state index contributed by atoms with van der Waals surface area (Å²) in [5, 5.41) is 17.9. The lowest BCUT2D eigenvalue weighted by Crippen LogP contribution is -2.30. The Labute approximate surface area is 126 Å². The zero-order chi connectivity index (χ0) is 15.5. The summed E-state index contributed by atoms with van der Waals surface area (Å²) >= 11 is 3.16. The molecule has 1 rings (SSSR count). The van der Waals surface area contributed by atoms with Gasteiger partial charge >= 0.3 is 5.97 Å². The Bertz CT molecular complexity index is 615. The fraction of sp³-hybridized carbons (Fsp3) is 0.417. The molecule has 0 radical (unpaired) electrons. The molecule has 1 atom stereocenters. The van der Waals surface area contributed by atoms with E-state index in [1.165, 1.54) is 6.07 Å². The number of halogens is 1. The van der Waals surface area contributed by atoms with Gasteiger partial charge in [0.05, 0.1) is 10.5 Å². The van der Waals surface area contributed by atoms with Crippen molar-refractivity contribution < 1.29 is 23.4 Å². The van der Waals surface area contributed by atoms with E-state index in [4.69, 9.17) is 10.2 Å². The number of rotatable bonds is 6. The van der Waals surface area contributed by atoms with Crippen molar-refractivity contribution in [3.63, 3.8) is 0 Å². The Morgan fingerprint density at radius 2 is 2.05 bits per heavy atom. The number of carboxylic acids is 1. The zero-order valence-electron chi connectivity index (χ0n) is 11.1. The topological polar surface area (TPSA) is 104 Å². The van der Waals surface area contributed by atoms with Crippen LogP contribution in [-0.4, -0.2) is 37.8 Å². The molecule has 20 heavy (non-hydrogen) atoms. The van der Waals surface area contributed by atoms with Crippen molar-refractivity contribution in [3.05, 3.63) is 27.7 Å². The summed E-state index contributed by atoms with van der Waals surface area (Å²) in [7, 11) is -3.83. The number of benzene rings is 1. The lowest BCUT2D eigenvalue weighted by molar-refractivity contribution is 0.0696. The van der Waals surface area contributed by atoms with Crippen molar-refractivity contribution in [2.24, 2.45) is 5.92 Å². The van der Waals surface area contributed by atoms with Crippen LogP contribution in [0.25, 0.3) is 0 Å². The number of hydrogen-bond acceptors (Lipinski definition) is 4. The molecule has 0 saturated carbocycles. The van der Waals surface area contributed by atoms with Crippen molar-refractivity contribution in [2.45, 2.75) is 18.7 Å². The smallest absolute Gasteiger partial charge is 0.335 e. The average molecular weight is 366 g/mol. The molecule has 0 saturated heterocycles. The molecule has 1 aromatic carbocycles. The summed E-state index contributed by atoms with van der Waals surface area (Å²) in [6.07, 6.45) is 0. The van der Waals surface area contributed by atoms with Gasteiger partial charge in [0.2, 0.25) is 10.0 Å². The van der Waals surface area contributed by atoms with E-state index in [-0.39, 0.29) is 29.5 Å². The van der Waals surface area contributed by atoms with E-state index in [0.717, 1.165) is 6.07 Å². The summed E-state index contributed by atoms with van der Waals surface area (Å²) in [5.74, 6) is -1.43. The predicted octanol–water partition coefficient (Wildman–Crippen LogP) is 1.36. The van der Waals surface area contributed by atoms with Gasteiger partial charge in [-0.2, -0.15) is 0 Å². The summed E-state index contributed by atoms with van der Waals surface area (Å²) in [5.41, 5.74) is 0.317. The molecule has 8 heteroatoms. The maximum Gasteiger partial charge on any atom is 0.335 e. The predicted molar refractivity (Wildman–Crippen MR) is 77.3 cm³/mol. The normalized spacial score (nSPS) is 13.2. The monoisotopic (exact) mass is 365 g/mol. The van der Waals surface area contributed by atoms with Gasteiger partial charge in [0, 0.05) is 17.6 Å². The Hall–Kier alpha value is -0.960. The highest BCUT2D eigenvalue weighted by atomic mass is 79.9. The number of aromatic carboxylic acids is 1. The molecule has 0 aliphatic rings. The second kappa shape index (κ2) is 6.66. The van der Waals surface area contributed by atoms with Gasteiger partial charge in [0.25, 0.3) is 0 Å². The van der Waals surface area contributed by atoms with Gasteiger partial charge in [0.1, 0.15) is 0 Å². The first-order valence-electron chi connectivity index (χ1n) is 5.83. The minimum Gasteiger partial charge on any atom is -0.478 e. The highest BCUT2D eigenvalue weighted by Gasteiger charge is 2.21. The van der Waals surface area contributed by atoms with Crippen LogP contribution in [0.4, 0.5) is 0 Å². The molecule has 0 aliphatic carbocycles. The summed E-state index contributed by atoms with van der Waals surface area (Å²) in [6, 6.07) is 2.47. The zero-order valence-corrected chi connectivity index (χ0v) is 13.5. The third-order valence-corrected chi connectivity index (χ3v) is 5.14. The van der Waals surface area contributed by atoms with Crippen LogP contribution < -0.4 is 4.72 Å². The largest absolute Gasteiger partial charge is 0.478 e. The number of hydrogen-bond donors (Lipinski definition) is 3. The molecule has 0 spiro atoms. The lowest BCUT2D eigenvalue weighted by atomic mass is 10.1. The van der Waals surface area contributed by atoms with Crippen LogP contribution >= 0.6 is 15.9 Å². The van der Waals surface area contributed by atoms with Crippen LogP contribution in [0.15, 0.2) is 21.5 Å². The second-order valence-electron chi connectivity index (χ2n) is 4.53. The van der Waals surface area contributed by atoms with Gasteiger partial charge in [-0.25, -0.2) is 17.9 Å². The molecule has 0 aliphatic heterocycles. The molecule has 0 bridgehead atoms. The third-order valence-electron chi connectivity index (χ3n) is 2.77. The quantitative estimate of drug-likeness (QED) is 0.705. The van der Waals surface area contributed by atoms with Crippen molar-refractivity contribution in [1.82, 2.24) is 4.72 Å². The van der Waals surface area contributed by atoms with Crippen LogP contribution in [0.5, 0.6) is 0 Å². The van der Waals surface area contributed by atoms with Crippen LogP contribution in [0.1, 0.15) is 22.8 Å². The van der Waals surface area contributed by atoms with Crippen LogP contribution in [0.3, 0.4) is 0 Å². The van der Waals surface area contributed by atoms with E-state index in [2.05, 4.69) is 20.7 Å². The second-order valence-corrected chi connectivity index (χ2v) is 7.12. The maximum atomic E-state index is 12.2. The SMILES string of the molecule is Cc1c(Br)cc(C(=O)O)cc1S(=O)(=O)NCC(C)CO. The summed E-state index contributed by atoms with van der Waals surface area (Å²) in [6.45, 7) is 3.21. The number of nitrogens with one attached hydrogen (secondary N) is 1. The third kappa shape index (κ3) is 4.02. The first-order chi connectivity index (χ1) is 9.19. The molecule has 3 N–H and O–H groups in total. The molecule has 1 unspecified atom stereocenters. The van der Waals surface area contributed by atoms with Gasteiger partial charge in [-0.1, -0.05) is 22.9 Å². The number of carbonyl (C=O) groups is 1. The highest BCUT2D eigenvalue weighted by molar-refractivity contribution is 9.10. The van der Waals surface area contributed by atoms with Gasteiger partial charge in [-0.05, 0) is 30.5 Å². The number of sulfonamides is 1. The molecular formula is C12H16BrNO5S. The minimum absolute atomic E-state index is 0.0766. The molecule has 6 nitrogen and oxygen atoms in total. The standard InChI is InChI=1S/C12H16BrNO5S/c1-7(6-15)5-14-20(18,19)11-4-9(12(16)17)3-10(13)8(11)2/h3-4,7,14-15H,5-6H2,1-2H3,(H,16,17). The van der Waals surface area contributed by atoms with Crippen LogP contribution in [0, 0.1) is 12.8 Å². The number of carboxylic acid groups (broad SMARTS) is 1. The van der Waals surface area contributed by atoms with Crippen LogP contribution in [-0.2, 0) is 10.0 Å². The van der Waals surface area contributed by atoms with E-state index in [1.54, 1.807) is 13.8 Å². The Balaban J connectivity index is 3.20. The van der Waals surface area contributed by atoms with Gasteiger partial charge < -0.3 is 10.2 Å². The van der Waals surface area contributed by atoms with E-state index >= 15 is 0 Å². The van der Waals surface area contributed by atoms with Crippen molar-refractivity contribution in [3.8, 4) is 0 Å². The van der Waals surface area contributed by atoms with E-state index in [1.807, 2.05) is 0 Å². The first kappa shape index (κ1) is 17.1. The fourth-order valence-electron chi connectivity index (χ4n) is 1.45. The Morgan fingerprint density at radius 3 is 2.55 bits per heavy atom. The van der Waals surface area contributed by atoms with E-state index < -0.39 is 16.0 Å². The van der Waals surface area contributed by atoms with Gasteiger partial charge in [0.15, 0.2) is 0 Å². The summed E-state index contributed by atoms with van der Waals surface area (Å²) in [4.78, 5) is 10.9. The molecule has 0 aromatic heterocycles. The molecule has 0 amide bonds. The summed E-state index contributed by atoms with van der Waals surface area (Å²) < 4.78 is 27.2. The highest BCUT2D eigenvalue weighted by Crippen LogP contribution is 2.25. The fourth-order valence-corrected chi connectivity index (χ4v) is 3.50. The van der Waals surface area contributed by atoms with Gasteiger partial charge in [-0.15, -0.1) is 0 Å². The number of aliphatic hydroxyl groups excluding tert-OH is 1. The van der Waals surface area contributed by atoms with E-state index in [9.17, 15) is 13.2 Å². The molecule has 1 aromatic rings. The van der Waals surface area contributed by atoms with Gasteiger partial charge in [-0.3, -0.25) is 0 Å². The molecule has 0 fully saturated rings. The average Bonchev–Trinajstić information content (AvgIpc) is 2.38. The first-order valence-corrected chi connectivity index (χ1v) is 8.10. The van der Waals surface area contributed by atoms with Crippen molar-refractivity contribution in [1.29, 1.82) is 0 Å². The van der Waals surface area contributed by atoms with Crippen LogP contribution in [0.2, 0.25) is 0 Å². The number of aliphatic hydroxyl groups is 1. The molecular weight excluding hydrogens is 350 g/mol. The Morgan fingerprint density at radius 1 is 1.45 bits per heavy atom. The lowest BCUT2D eigenvalue weighted by Gasteiger charge is -2.13. The molecule has 112 valence electrons. The molecule has 0 heterocycles. The van der Waals surface area contributed by atoms with E-state index in [0.29, 0.717) is 10.0 Å². The Kier molecular flexibility index (Phi) is 5.69.